The molecule has 0 bridgehead atoms. The molecule has 26 heavy (non-hydrogen) atoms. The summed E-state index contributed by atoms with van der Waals surface area (Å²) in [5.74, 6) is 0.826. The maximum atomic E-state index is 5.94. The Morgan fingerprint density at radius 2 is 1.96 bits per heavy atom. The highest BCUT2D eigenvalue weighted by Crippen LogP contribution is 2.20. The predicted octanol–water partition coefficient (Wildman–Crippen LogP) is 2.16. The van der Waals surface area contributed by atoms with Crippen molar-refractivity contribution in [3.63, 3.8) is 0 Å². The maximum Gasteiger partial charge on any atom is 0.119 e. The lowest BCUT2D eigenvalue weighted by atomic mass is 10.1. The third-order valence-corrected chi connectivity index (χ3v) is 4.93. The Kier molecular flexibility index (Phi) is 7.58. The van der Waals surface area contributed by atoms with Crippen LogP contribution in [0.15, 0.2) is 36.0 Å². The van der Waals surface area contributed by atoms with Crippen molar-refractivity contribution in [2.45, 2.75) is 12.5 Å². The van der Waals surface area contributed by atoms with Crippen molar-refractivity contribution in [2.24, 2.45) is 0 Å². The normalized spacial score (nSPS) is 21.1. The lowest BCUT2D eigenvalue weighted by Gasteiger charge is -2.29. The summed E-state index contributed by atoms with van der Waals surface area (Å²) in [6, 6.07) is 7.72. The van der Waals surface area contributed by atoms with Crippen LogP contribution in [0, 0.1) is 0 Å². The summed E-state index contributed by atoms with van der Waals surface area (Å²) in [4.78, 5) is 2.44. The van der Waals surface area contributed by atoms with E-state index in [1.54, 1.807) is 7.11 Å². The number of hydrazine groups is 1. The van der Waals surface area contributed by atoms with Crippen LogP contribution >= 0.6 is 11.6 Å². The third-order valence-electron chi connectivity index (χ3n) is 4.68. The van der Waals surface area contributed by atoms with Gasteiger partial charge in [-0.2, -0.15) is 0 Å². The first kappa shape index (κ1) is 19.5. The monoisotopic (exact) mass is 381 g/mol. The summed E-state index contributed by atoms with van der Waals surface area (Å²) >= 11 is 5.93. The number of halogens is 1. The van der Waals surface area contributed by atoms with Crippen molar-refractivity contribution in [2.75, 3.05) is 59.7 Å². The van der Waals surface area contributed by atoms with E-state index < -0.39 is 0 Å². The fraction of sp³-hybridized carbons (Fsp3) is 0.579. The first-order chi connectivity index (χ1) is 12.7. The number of methoxy groups -OCH3 is 1. The van der Waals surface area contributed by atoms with E-state index in [4.69, 9.17) is 25.8 Å². The Balaban J connectivity index is 1.52. The van der Waals surface area contributed by atoms with E-state index in [0.29, 0.717) is 18.2 Å². The molecule has 1 unspecified atom stereocenters. The molecule has 1 aromatic carbocycles. The molecule has 1 fully saturated rings. The lowest BCUT2D eigenvalue weighted by Crippen LogP contribution is -2.44. The zero-order valence-corrected chi connectivity index (χ0v) is 16.1. The molecule has 1 aromatic rings. The van der Waals surface area contributed by atoms with Crippen molar-refractivity contribution in [3.05, 3.63) is 41.1 Å². The van der Waals surface area contributed by atoms with E-state index in [1.165, 1.54) is 5.57 Å². The number of hydrogen-bond acceptors (Lipinski definition) is 6. The summed E-state index contributed by atoms with van der Waals surface area (Å²) in [6.45, 7) is 6.92. The molecule has 1 atom stereocenters. The molecule has 1 N–H and O–H groups in total. The molecule has 144 valence electrons. The van der Waals surface area contributed by atoms with Crippen LogP contribution < -0.4 is 10.2 Å². The summed E-state index contributed by atoms with van der Waals surface area (Å²) < 4.78 is 16.6. The minimum Gasteiger partial charge on any atom is -0.489 e. The Morgan fingerprint density at radius 1 is 1.19 bits per heavy atom. The standard InChI is InChI=1S/C19H28ClN3O3/c1-24-11-6-19-16(15-26-18-4-2-17(20)3-5-18)14-23(21-19)8-7-22-9-12-25-13-10-22/h2-5,14,19,21H,6-13,15H2,1H3. The van der Waals surface area contributed by atoms with Gasteiger partial charge in [0.25, 0.3) is 0 Å². The van der Waals surface area contributed by atoms with Gasteiger partial charge in [0.1, 0.15) is 12.4 Å². The Labute approximate surface area is 160 Å². The number of ether oxygens (including phenoxy) is 3. The highest BCUT2D eigenvalue weighted by atomic mass is 35.5. The van der Waals surface area contributed by atoms with Gasteiger partial charge in [-0.05, 0) is 30.7 Å². The first-order valence-electron chi connectivity index (χ1n) is 9.15. The van der Waals surface area contributed by atoms with Gasteiger partial charge >= 0.3 is 0 Å². The minimum absolute atomic E-state index is 0.243. The van der Waals surface area contributed by atoms with Crippen LogP contribution in [-0.2, 0) is 9.47 Å². The third kappa shape index (κ3) is 5.86. The van der Waals surface area contributed by atoms with Gasteiger partial charge in [0.15, 0.2) is 0 Å². The fourth-order valence-corrected chi connectivity index (χ4v) is 3.26. The Bertz CT molecular complexity index is 576. The highest BCUT2D eigenvalue weighted by molar-refractivity contribution is 6.30. The second-order valence-corrected chi connectivity index (χ2v) is 6.99. The van der Waals surface area contributed by atoms with E-state index in [-0.39, 0.29) is 6.04 Å². The molecule has 0 spiro atoms. The minimum atomic E-state index is 0.243. The van der Waals surface area contributed by atoms with E-state index in [2.05, 4.69) is 21.5 Å². The summed E-state index contributed by atoms with van der Waals surface area (Å²) in [6.07, 6.45) is 3.09. The number of rotatable bonds is 9. The van der Waals surface area contributed by atoms with Crippen LogP contribution in [0.4, 0.5) is 0 Å². The zero-order valence-electron chi connectivity index (χ0n) is 15.3. The first-order valence-corrected chi connectivity index (χ1v) is 9.53. The number of morpholine rings is 1. The molecule has 7 heteroatoms. The average molecular weight is 382 g/mol. The Morgan fingerprint density at radius 3 is 2.69 bits per heavy atom. The summed E-state index contributed by atoms with van der Waals surface area (Å²) in [7, 11) is 1.73. The van der Waals surface area contributed by atoms with Crippen molar-refractivity contribution >= 4 is 11.6 Å². The second-order valence-electron chi connectivity index (χ2n) is 6.56. The van der Waals surface area contributed by atoms with Crippen LogP contribution in [0.2, 0.25) is 5.02 Å². The number of benzene rings is 1. The van der Waals surface area contributed by atoms with E-state index in [1.807, 2.05) is 24.3 Å². The van der Waals surface area contributed by atoms with Crippen LogP contribution in [0.5, 0.6) is 5.75 Å². The molecule has 3 rings (SSSR count). The molecule has 0 aromatic heterocycles. The van der Waals surface area contributed by atoms with Gasteiger partial charge in [0, 0.05) is 56.7 Å². The molecule has 1 saturated heterocycles. The largest absolute Gasteiger partial charge is 0.489 e. The van der Waals surface area contributed by atoms with Gasteiger partial charge in [-0.1, -0.05) is 11.6 Å². The van der Waals surface area contributed by atoms with Crippen molar-refractivity contribution < 1.29 is 14.2 Å². The van der Waals surface area contributed by atoms with Gasteiger partial charge < -0.3 is 19.2 Å². The smallest absolute Gasteiger partial charge is 0.119 e. The number of nitrogens with zero attached hydrogens (tertiary/aromatic N) is 2. The van der Waals surface area contributed by atoms with Gasteiger partial charge in [0.2, 0.25) is 0 Å². The van der Waals surface area contributed by atoms with Crippen molar-refractivity contribution in [1.29, 1.82) is 0 Å². The topological polar surface area (TPSA) is 46.2 Å². The predicted molar refractivity (Wildman–Crippen MR) is 102 cm³/mol. The molecule has 0 saturated carbocycles. The quantitative estimate of drug-likeness (QED) is 0.707. The van der Waals surface area contributed by atoms with Crippen LogP contribution in [-0.4, -0.2) is 75.7 Å². The van der Waals surface area contributed by atoms with Gasteiger partial charge in [-0.15, -0.1) is 0 Å². The molecule has 0 amide bonds. The van der Waals surface area contributed by atoms with E-state index in [0.717, 1.165) is 51.6 Å². The average Bonchev–Trinajstić information content (AvgIpc) is 3.07. The van der Waals surface area contributed by atoms with Crippen molar-refractivity contribution in [3.8, 4) is 5.75 Å². The zero-order chi connectivity index (χ0) is 18.2. The SMILES string of the molecule is COCCC1NN(CCN2CCOCC2)C=C1COc1ccc(Cl)cc1. The van der Waals surface area contributed by atoms with E-state index >= 15 is 0 Å². The number of hydrogen-bond donors (Lipinski definition) is 1. The molecule has 0 radical (unpaired) electrons. The molecule has 2 heterocycles. The van der Waals surface area contributed by atoms with Gasteiger partial charge in [-0.3, -0.25) is 4.90 Å². The van der Waals surface area contributed by atoms with Crippen molar-refractivity contribution in [1.82, 2.24) is 15.3 Å². The van der Waals surface area contributed by atoms with Gasteiger partial charge in [-0.25, -0.2) is 5.43 Å². The summed E-state index contributed by atoms with van der Waals surface area (Å²) in [5.41, 5.74) is 4.80. The molecule has 2 aliphatic heterocycles. The fourth-order valence-electron chi connectivity index (χ4n) is 3.13. The molecule has 6 nitrogen and oxygen atoms in total. The van der Waals surface area contributed by atoms with Crippen LogP contribution in [0.1, 0.15) is 6.42 Å². The second kappa shape index (κ2) is 10.1. The van der Waals surface area contributed by atoms with Crippen LogP contribution in [0.25, 0.3) is 0 Å². The highest BCUT2D eigenvalue weighted by Gasteiger charge is 2.24. The molecular weight excluding hydrogens is 354 g/mol. The lowest BCUT2D eigenvalue weighted by molar-refractivity contribution is 0.0334. The molecule has 0 aliphatic carbocycles. The van der Waals surface area contributed by atoms with Gasteiger partial charge in [0.05, 0.1) is 19.3 Å². The maximum absolute atomic E-state index is 5.94. The molecular formula is C19H28ClN3O3. The number of nitrogens with one attached hydrogen (secondary N) is 1. The summed E-state index contributed by atoms with van der Waals surface area (Å²) in [5, 5.41) is 2.89. The Hall–Kier alpha value is -1.31. The molecule has 2 aliphatic rings. The van der Waals surface area contributed by atoms with Crippen LogP contribution in [0.3, 0.4) is 0 Å². The van der Waals surface area contributed by atoms with E-state index in [9.17, 15) is 0 Å².